The first-order valence-corrected chi connectivity index (χ1v) is 14.9. The van der Waals surface area contributed by atoms with E-state index in [0.29, 0.717) is 26.2 Å². The Hall–Kier alpha value is -2.69. The highest BCUT2D eigenvalue weighted by Crippen LogP contribution is 2.69. The van der Waals surface area contributed by atoms with Crippen LogP contribution in [-0.4, -0.2) is 28.8 Å². The Bertz CT molecular complexity index is 1290. The Morgan fingerprint density at radius 1 is 0.658 bits per heavy atom. The molecule has 38 heavy (non-hydrogen) atoms. The largest absolute Gasteiger partial charge is 0.572 e. The van der Waals surface area contributed by atoms with Crippen LogP contribution in [0.2, 0.25) is 0 Å². The van der Waals surface area contributed by atoms with Crippen LogP contribution in [0.25, 0.3) is 0 Å². The summed E-state index contributed by atoms with van der Waals surface area (Å²) in [5, 5.41) is 0. The van der Waals surface area contributed by atoms with Crippen molar-refractivity contribution < 1.29 is 34.7 Å². The van der Waals surface area contributed by atoms with Crippen molar-refractivity contribution in [1.29, 1.82) is 0 Å². The number of ether oxygens (including phenoxy) is 2. The molecule has 1 N–H and O–H groups in total. The molecule has 0 aliphatic heterocycles. The monoisotopic (exact) mass is 571 g/mol. The molecule has 0 heterocycles. The summed E-state index contributed by atoms with van der Waals surface area (Å²) in [7, 11) is -9.20. The van der Waals surface area contributed by atoms with Crippen LogP contribution < -0.4 is 9.47 Å². The molecule has 0 unspecified atom stereocenters. The van der Waals surface area contributed by atoms with Gasteiger partial charge in [0.2, 0.25) is 0 Å². The average Bonchev–Trinajstić information content (AvgIpc) is 2.76. The van der Waals surface area contributed by atoms with Gasteiger partial charge >= 0.3 is 15.6 Å². The molecule has 0 saturated heterocycles. The zero-order valence-electron chi connectivity index (χ0n) is 22.5. The summed E-state index contributed by atoms with van der Waals surface area (Å²) in [6.45, 7) is 13.0. The van der Waals surface area contributed by atoms with Gasteiger partial charge in [-0.2, -0.15) is 13.2 Å². The Kier molecular flexibility index (Phi) is 8.22. The fourth-order valence-corrected chi connectivity index (χ4v) is 8.70. The van der Waals surface area contributed by atoms with Crippen LogP contribution in [0.4, 0.5) is 13.2 Å². The molecule has 0 fully saturated rings. The van der Waals surface area contributed by atoms with E-state index in [0.717, 1.165) is 5.56 Å². The normalized spacial score (nSPS) is 13.7. The third-order valence-corrected chi connectivity index (χ3v) is 10.1. The third kappa shape index (κ3) is 7.03. The third-order valence-electron chi connectivity index (χ3n) is 5.01. The molecule has 0 spiro atoms. The summed E-state index contributed by atoms with van der Waals surface area (Å²) in [6.07, 6.45) is 0. The number of hydrogen-bond donors (Lipinski definition) is 0. The van der Waals surface area contributed by atoms with Crippen molar-refractivity contribution in [2.24, 2.45) is 0 Å². The molecule has 5 nitrogen and oxygen atoms in total. The fourth-order valence-electron chi connectivity index (χ4n) is 3.64. The van der Waals surface area contributed by atoms with Crippen molar-refractivity contribution in [3.05, 3.63) is 78.4 Å². The van der Waals surface area contributed by atoms with Gasteiger partial charge in [-0.25, -0.2) is 0 Å². The maximum Gasteiger partial charge on any atom is 0.572 e. The second kappa shape index (κ2) is 10.5. The minimum absolute atomic E-state index is 0.307. The summed E-state index contributed by atoms with van der Waals surface area (Å²) in [4.78, 5) is 0.961. The quantitative estimate of drug-likeness (QED) is 0.162. The molecule has 3 aromatic rings. The highest BCUT2D eigenvalue weighted by molar-refractivity contribution is 8.32. The molecule has 0 aliphatic carbocycles. The molecule has 3 rings (SSSR count). The minimum atomic E-state index is -5.89. The maximum absolute atomic E-state index is 13.8. The highest BCUT2D eigenvalue weighted by Gasteiger charge is 2.58. The molecular formula is C28H34F3O5S2+. The van der Waals surface area contributed by atoms with Gasteiger partial charge in [0.15, 0.2) is 0 Å². The first-order chi connectivity index (χ1) is 17.3. The van der Waals surface area contributed by atoms with Crippen LogP contribution in [0.15, 0.2) is 87.5 Å². The van der Waals surface area contributed by atoms with E-state index < -0.39 is 37.1 Å². The van der Waals surface area contributed by atoms with E-state index in [9.17, 15) is 21.6 Å². The van der Waals surface area contributed by atoms with E-state index in [2.05, 4.69) is 3.63 Å². The van der Waals surface area contributed by atoms with Crippen LogP contribution in [-0.2, 0) is 10.1 Å². The van der Waals surface area contributed by atoms with Crippen molar-refractivity contribution >= 4 is 20.4 Å². The summed E-state index contributed by atoms with van der Waals surface area (Å²) in [5.41, 5.74) is -5.83. The fraction of sp³-hybridized carbons (Fsp3) is 0.357. The van der Waals surface area contributed by atoms with Crippen molar-refractivity contribution in [1.82, 2.24) is 0 Å². The highest BCUT2D eigenvalue weighted by atomic mass is 32.3. The molecule has 0 saturated carbocycles. The predicted octanol–water partition coefficient (Wildman–Crippen LogP) is 8.49. The lowest BCUT2D eigenvalue weighted by Crippen LogP contribution is -2.30. The van der Waals surface area contributed by atoms with E-state index in [1.807, 2.05) is 41.5 Å². The van der Waals surface area contributed by atoms with Crippen LogP contribution in [0, 0.1) is 6.92 Å². The van der Waals surface area contributed by atoms with Gasteiger partial charge in [0, 0.05) is 0 Å². The summed E-state index contributed by atoms with van der Waals surface area (Å²) in [6, 6.07) is 19.5. The molecule has 0 amide bonds. The van der Waals surface area contributed by atoms with Crippen molar-refractivity contribution in [2.45, 2.75) is 79.9 Å². The lowest BCUT2D eigenvalue weighted by molar-refractivity contribution is -0.0540. The van der Waals surface area contributed by atoms with Gasteiger partial charge in [0.25, 0.3) is 0 Å². The smallest absolute Gasteiger partial charge is 0.488 e. The van der Waals surface area contributed by atoms with E-state index in [1.165, 1.54) is 0 Å². The van der Waals surface area contributed by atoms with Crippen LogP contribution in [0.5, 0.6) is 11.5 Å². The molecular weight excluding hydrogens is 537 g/mol. The van der Waals surface area contributed by atoms with Crippen LogP contribution in [0.3, 0.4) is 0 Å². The van der Waals surface area contributed by atoms with Gasteiger partial charge < -0.3 is 9.47 Å². The first-order valence-electron chi connectivity index (χ1n) is 11.9. The van der Waals surface area contributed by atoms with E-state index in [-0.39, 0.29) is 0 Å². The average molecular weight is 572 g/mol. The molecule has 0 radical (unpaired) electrons. The van der Waals surface area contributed by atoms with Crippen LogP contribution >= 0.6 is 10.3 Å². The maximum atomic E-state index is 13.8. The zero-order chi connectivity index (χ0) is 28.6. The summed E-state index contributed by atoms with van der Waals surface area (Å²) < 4.78 is 82.2. The Morgan fingerprint density at radius 2 is 1.08 bits per heavy atom. The Morgan fingerprint density at radius 3 is 1.42 bits per heavy atom. The topological polar surface area (TPSA) is 65.4 Å². The molecule has 208 valence electrons. The van der Waals surface area contributed by atoms with Crippen LogP contribution in [0.1, 0.15) is 47.1 Å². The van der Waals surface area contributed by atoms with E-state index in [1.54, 1.807) is 79.7 Å². The molecule has 0 bridgehead atoms. The molecule has 0 aromatic heterocycles. The number of aryl methyl sites for hydroxylation is 1. The second-order valence-corrected chi connectivity index (χ2v) is 15.3. The standard InChI is InChI=1S/C28H33F3O5S2/c1-20-9-8-10-25(19-20)37(36-38(32,33)28(29,30)31,23-15-11-21(12-16-23)34-26(2,3)4)24-17-13-22(14-18-24)35-27(5,6)7/h8-19H,1-7H3/p+1. The minimum Gasteiger partial charge on any atom is -0.488 e. The molecule has 0 aliphatic rings. The number of benzene rings is 3. The van der Waals surface area contributed by atoms with Gasteiger partial charge in [0.1, 0.15) is 22.7 Å². The number of alkyl halides is 3. The van der Waals surface area contributed by atoms with Crippen molar-refractivity contribution in [3.8, 4) is 11.5 Å². The number of hydrogen-bond acceptors (Lipinski definition) is 4. The second-order valence-electron chi connectivity index (χ2n) is 10.8. The Balaban J connectivity index is 2.33. The molecule has 3 aromatic carbocycles. The Labute approximate surface area is 224 Å². The predicted molar refractivity (Wildman–Crippen MR) is 145 cm³/mol. The van der Waals surface area contributed by atoms with Crippen molar-refractivity contribution in [3.63, 3.8) is 0 Å². The first kappa shape index (κ1) is 29.9. The van der Waals surface area contributed by atoms with E-state index in [4.69, 9.17) is 9.47 Å². The molecule has 0 atom stereocenters. The van der Waals surface area contributed by atoms with E-state index >= 15 is 0 Å². The van der Waals surface area contributed by atoms with Gasteiger partial charge in [-0.15, -0.1) is 8.42 Å². The summed E-state index contributed by atoms with van der Waals surface area (Å²) in [5.74, 6) is 0.984. The number of rotatable bonds is 7. The lowest BCUT2D eigenvalue weighted by Gasteiger charge is -2.35. The SMILES string of the molecule is Cc1cccc(S([OH+]S(=O)(=O)C(F)(F)F)(c2ccc(OC(C)(C)C)cc2)c2ccc(OC(C)(C)C)cc2)c1. The van der Waals surface area contributed by atoms with Crippen molar-refractivity contribution in [2.75, 3.05) is 0 Å². The lowest BCUT2D eigenvalue weighted by atomic mass is 10.2. The summed E-state index contributed by atoms with van der Waals surface area (Å²) >= 11 is 0. The zero-order valence-corrected chi connectivity index (χ0v) is 24.1. The van der Waals surface area contributed by atoms with Gasteiger partial charge in [-0.05, 0) is 115 Å². The van der Waals surface area contributed by atoms with Gasteiger partial charge in [-0.1, -0.05) is 12.1 Å². The van der Waals surface area contributed by atoms with Gasteiger partial charge in [-0.3, -0.25) is 3.63 Å². The number of halogens is 3. The van der Waals surface area contributed by atoms with Gasteiger partial charge in [0.05, 0.1) is 25.0 Å². The molecule has 10 heteroatoms.